The van der Waals surface area contributed by atoms with Crippen molar-refractivity contribution in [2.75, 3.05) is 25.4 Å². The molecule has 0 amide bonds. The summed E-state index contributed by atoms with van der Waals surface area (Å²) >= 11 is 5.85. The summed E-state index contributed by atoms with van der Waals surface area (Å²) in [5.41, 5.74) is -1.39. The Morgan fingerprint density at radius 1 is 1.13 bits per heavy atom. The summed E-state index contributed by atoms with van der Waals surface area (Å²) in [6, 6.07) is 5.93. The van der Waals surface area contributed by atoms with E-state index in [4.69, 9.17) is 25.3 Å². The van der Waals surface area contributed by atoms with Crippen LogP contribution in [-0.4, -0.2) is 36.3 Å². The first-order valence-corrected chi connectivity index (χ1v) is 11.3. The topological polar surface area (TPSA) is 87.9 Å². The van der Waals surface area contributed by atoms with Crippen LogP contribution >= 0.6 is 21.9 Å². The lowest BCUT2D eigenvalue weighted by Crippen LogP contribution is -2.16. The molecular formula is C18H17ClF3NO6S. The van der Waals surface area contributed by atoms with Gasteiger partial charge >= 0.3 is 17.8 Å². The molecular weight excluding hydrogens is 451 g/mol. The highest BCUT2D eigenvalue weighted by Gasteiger charge is 2.31. The smallest absolute Gasteiger partial charge is 0.416 e. The lowest BCUT2D eigenvalue weighted by atomic mass is 10.2. The predicted molar refractivity (Wildman–Crippen MR) is 107 cm³/mol. The molecule has 0 heterocycles. The van der Waals surface area contributed by atoms with Gasteiger partial charge in [0.15, 0.2) is 6.61 Å². The van der Waals surface area contributed by atoms with Crippen molar-refractivity contribution in [3.8, 4) is 17.2 Å². The Morgan fingerprint density at radius 2 is 1.80 bits per heavy atom. The van der Waals surface area contributed by atoms with Crippen LogP contribution < -0.4 is 9.47 Å². The van der Waals surface area contributed by atoms with Crippen LogP contribution in [0, 0.1) is 10.1 Å². The number of hydrogen-bond donors (Lipinski definition) is 0. The van der Waals surface area contributed by atoms with Crippen molar-refractivity contribution in [1.29, 1.82) is 0 Å². The standard InChI is InChI=1S/C18H17ClF3NO6S/c1-30(2,3)29-17(24)10-27-16-9-12(5-6-14(16)23(25)26)28-15-7-4-11(8-13(15)19)18(20,21)22/h4-9H,10H2,1-3H3. The van der Waals surface area contributed by atoms with E-state index in [0.29, 0.717) is 6.07 Å². The fourth-order valence-electron chi connectivity index (χ4n) is 2.15. The van der Waals surface area contributed by atoms with E-state index in [2.05, 4.69) is 0 Å². The van der Waals surface area contributed by atoms with E-state index in [1.165, 1.54) is 6.07 Å². The molecule has 0 aliphatic rings. The number of rotatable bonds is 7. The van der Waals surface area contributed by atoms with Crippen molar-refractivity contribution < 1.29 is 36.5 Å². The van der Waals surface area contributed by atoms with Gasteiger partial charge in [-0.1, -0.05) is 21.9 Å². The molecule has 0 fully saturated rings. The number of nitro benzene ring substituents is 1. The summed E-state index contributed by atoms with van der Waals surface area (Å²) in [4.78, 5) is 22.3. The molecule has 164 valence electrons. The highest BCUT2D eigenvalue weighted by Crippen LogP contribution is 2.39. The third-order valence-electron chi connectivity index (χ3n) is 3.30. The SMILES string of the molecule is CS(C)(C)OC(=O)COc1cc(Oc2ccc(C(F)(F)F)cc2Cl)ccc1[N+](=O)[O-]. The van der Waals surface area contributed by atoms with Crippen molar-refractivity contribution >= 4 is 33.6 Å². The number of carbonyl (C=O) groups is 1. The molecule has 0 aliphatic carbocycles. The molecule has 0 bridgehead atoms. The molecule has 30 heavy (non-hydrogen) atoms. The molecule has 0 N–H and O–H groups in total. The fraction of sp³-hybridized carbons (Fsp3) is 0.278. The van der Waals surface area contributed by atoms with Crippen LogP contribution in [0.2, 0.25) is 5.02 Å². The molecule has 0 radical (unpaired) electrons. The van der Waals surface area contributed by atoms with Crippen LogP contribution in [0.4, 0.5) is 18.9 Å². The van der Waals surface area contributed by atoms with E-state index in [9.17, 15) is 28.1 Å². The molecule has 2 rings (SSSR count). The Bertz CT molecular complexity index is 962. The molecule has 7 nitrogen and oxygen atoms in total. The number of benzene rings is 2. The van der Waals surface area contributed by atoms with Crippen LogP contribution in [0.3, 0.4) is 0 Å². The van der Waals surface area contributed by atoms with Gasteiger partial charge in [-0.2, -0.15) is 13.2 Å². The minimum absolute atomic E-state index is 0.00655. The number of carbonyl (C=O) groups excluding carboxylic acids is 1. The van der Waals surface area contributed by atoms with Gasteiger partial charge in [0, 0.05) is 12.1 Å². The Kier molecular flexibility index (Phi) is 7.09. The highest BCUT2D eigenvalue weighted by atomic mass is 35.5. The van der Waals surface area contributed by atoms with Crippen molar-refractivity contribution in [1.82, 2.24) is 0 Å². The summed E-state index contributed by atoms with van der Waals surface area (Å²) in [7, 11) is -1.60. The van der Waals surface area contributed by atoms with Gasteiger partial charge < -0.3 is 13.7 Å². The normalized spacial score (nSPS) is 12.2. The summed E-state index contributed by atoms with van der Waals surface area (Å²) < 4.78 is 54.0. The average Bonchev–Trinajstić information content (AvgIpc) is 2.59. The van der Waals surface area contributed by atoms with Crippen LogP contribution in [0.1, 0.15) is 5.56 Å². The Morgan fingerprint density at radius 3 is 2.33 bits per heavy atom. The van der Waals surface area contributed by atoms with E-state index in [-0.39, 0.29) is 22.3 Å². The number of hydrogen-bond acceptors (Lipinski definition) is 6. The van der Waals surface area contributed by atoms with Gasteiger partial charge in [0.1, 0.15) is 11.5 Å². The molecule has 0 unspecified atom stereocenters. The fourth-order valence-corrected chi connectivity index (χ4v) is 2.98. The van der Waals surface area contributed by atoms with Gasteiger partial charge in [-0.3, -0.25) is 10.1 Å². The molecule has 0 atom stereocenters. The van der Waals surface area contributed by atoms with Crippen molar-refractivity contribution in [3.05, 3.63) is 57.1 Å². The Labute approximate surface area is 176 Å². The lowest BCUT2D eigenvalue weighted by Gasteiger charge is -2.24. The van der Waals surface area contributed by atoms with Crippen molar-refractivity contribution in [2.45, 2.75) is 6.18 Å². The number of nitrogens with zero attached hydrogens (tertiary/aromatic N) is 1. The van der Waals surface area contributed by atoms with E-state index >= 15 is 0 Å². The quantitative estimate of drug-likeness (QED) is 0.389. The molecule has 2 aromatic carbocycles. The minimum Gasteiger partial charge on any atom is -0.475 e. The number of alkyl halides is 3. The molecule has 0 aromatic heterocycles. The van der Waals surface area contributed by atoms with E-state index < -0.39 is 45.2 Å². The Hall–Kier alpha value is -2.66. The van der Waals surface area contributed by atoms with Gasteiger partial charge in [-0.25, -0.2) is 4.79 Å². The highest BCUT2D eigenvalue weighted by molar-refractivity contribution is 8.28. The lowest BCUT2D eigenvalue weighted by molar-refractivity contribution is -0.385. The maximum atomic E-state index is 12.7. The van der Waals surface area contributed by atoms with Crippen LogP contribution in [-0.2, 0) is 15.2 Å². The molecule has 0 saturated carbocycles. The first kappa shape index (κ1) is 23.6. The summed E-state index contributed by atoms with van der Waals surface area (Å²) in [5.74, 6) is -1.07. The monoisotopic (exact) mass is 467 g/mol. The van der Waals surface area contributed by atoms with Crippen LogP contribution in [0.5, 0.6) is 17.2 Å². The van der Waals surface area contributed by atoms with Crippen LogP contribution in [0.15, 0.2) is 36.4 Å². The van der Waals surface area contributed by atoms with Gasteiger partial charge in [0.05, 0.1) is 15.5 Å². The maximum Gasteiger partial charge on any atom is 0.416 e. The number of halogens is 4. The number of nitro groups is 1. The minimum atomic E-state index is -4.57. The summed E-state index contributed by atoms with van der Waals surface area (Å²) in [6.07, 6.45) is 0.626. The average molecular weight is 468 g/mol. The zero-order valence-corrected chi connectivity index (χ0v) is 17.6. The van der Waals surface area contributed by atoms with Crippen LogP contribution in [0.25, 0.3) is 0 Å². The van der Waals surface area contributed by atoms with Gasteiger partial charge in [-0.15, -0.1) is 0 Å². The number of ether oxygens (including phenoxy) is 2. The van der Waals surface area contributed by atoms with Gasteiger partial charge in [0.2, 0.25) is 5.75 Å². The summed E-state index contributed by atoms with van der Waals surface area (Å²) in [6.45, 7) is -0.574. The first-order chi connectivity index (χ1) is 13.8. The second kappa shape index (κ2) is 9.00. The van der Waals surface area contributed by atoms with E-state index in [1.54, 1.807) is 18.8 Å². The predicted octanol–water partition coefficient (Wildman–Crippen LogP) is 5.59. The summed E-state index contributed by atoms with van der Waals surface area (Å²) in [5, 5.41) is 10.9. The molecule has 0 saturated heterocycles. The zero-order chi connectivity index (χ0) is 22.7. The third kappa shape index (κ3) is 6.70. The molecule has 0 spiro atoms. The first-order valence-electron chi connectivity index (χ1n) is 8.13. The van der Waals surface area contributed by atoms with Gasteiger partial charge in [0.25, 0.3) is 0 Å². The molecule has 2 aromatic rings. The third-order valence-corrected chi connectivity index (χ3v) is 4.28. The van der Waals surface area contributed by atoms with Gasteiger partial charge in [-0.05, 0) is 43.0 Å². The zero-order valence-electron chi connectivity index (χ0n) is 16.0. The van der Waals surface area contributed by atoms with Crippen molar-refractivity contribution in [3.63, 3.8) is 0 Å². The van der Waals surface area contributed by atoms with E-state index in [0.717, 1.165) is 24.3 Å². The Balaban J connectivity index is 2.23. The van der Waals surface area contributed by atoms with Crippen molar-refractivity contribution in [2.24, 2.45) is 0 Å². The maximum absolute atomic E-state index is 12.7. The second-order valence-electron chi connectivity index (χ2n) is 6.60. The second-order valence-corrected chi connectivity index (χ2v) is 10.6. The molecule has 0 aliphatic heterocycles. The van der Waals surface area contributed by atoms with E-state index in [1.807, 2.05) is 0 Å². The molecule has 12 heteroatoms. The largest absolute Gasteiger partial charge is 0.475 e.